The van der Waals surface area contributed by atoms with Crippen molar-refractivity contribution in [3.05, 3.63) is 36.4 Å². The van der Waals surface area contributed by atoms with Crippen LogP contribution in [0.4, 0.5) is 0 Å². The average Bonchev–Trinajstić information content (AvgIpc) is 2.54. The first-order valence-electron chi connectivity index (χ1n) is 3.57. The van der Waals surface area contributed by atoms with Gasteiger partial charge in [-0.2, -0.15) is 4.37 Å². The highest BCUT2D eigenvalue weighted by molar-refractivity contribution is 7.09. The third-order valence-electron chi connectivity index (χ3n) is 1.56. The van der Waals surface area contributed by atoms with E-state index < -0.39 is 0 Å². The zero-order valence-corrected chi connectivity index (χ0v) is 7.08. The molecule has 0 unspecified atom stereocenters. The molecule has 0 radical (unpaired) electrons. The van der Waals surface area contributed by atoms with E-state index >= 15 is 0 Å². The van der Waals surface area contributed by atoms with Gasteiger partial charge in [-0.25, -0.2) is 0 Å². The molecule has 1 aromatic carbocycles. The Hall–Kier alpha value is -1.35. The summed E-state index contributed by atoms with van der Waals surface area (Å²) in [7, 11) is 0. The molecular formula is C9H7NOS. The van der Waals surface area contributed by atoms with Gasteiger partial charge in [0, 0.05) is 6.07 Å². The number of aromatic hydroxyl groups is 1. The second-order valence-electron chi connectivity index (χ2n) is 2.42. The molecule has 0 bridgehead atoms. The first kappa shape index (κ1) is 7.31. The lowest BCUT2D eigenvalue weighted by Gasteiger charge is -1.92. The van der Waals surface area contributed by atoms with E-state index in [1.165, 1.54) is 11.5 Å². The molecule has 3 heteroatoms. The first-order chi connectivity index (χ1) is 5.86. The normalized spacial score (nSPS) is 10.0. The minimum atomic E-state index is 0.0962. The lowest BCUT2D eigenvalue weighted by molar-refractivity contribution is 0.460. The molecule has 0 amide bonds. The van der Waals surface area contributed by atoms with Gasteiger partial charge in [-0.1, -0.05) is 30.3 Å². The fourth-order valence-electron chi connectivity index (χ4n) is 1.00. The van der Waals surface area contributed by atoms with Gasteiger partial charge in [0.1, 0.15) is 0 Å². The zero-order chi connectivity index (χ0) is 8.39. The van der Waals surface area contributed by atoms with Crippen LogP contribution >= 0.6 is 11.5 Å². The molecular weight excluding hydrogens is 170 g/mol. The predicted molar refractivity (Wildman–Crippen MR) is 49.2 cm³/mol. The van der Waals surface area contributed by atoms with Crippen molar-refractivity contribution < 1.29 is 5.11 Å². The summed E-state index contributed by atoms with van der Waals surface area (Å²) in [4.78, 5) is 0.994. The van der Waals surface area contributed by atoms with Gasteiger partial charge in [0.25, 0.3) is 0 Å². The topological polar surface area (TPSA) is 33.1 Å². The third-order valence-corrected chi connectivity index (χ3v) is 2.38. The van der Waals surface area contributed by atoms with Crippen molar-refractivity contribution in [2.24, 2.45) is 0 Å². The molecule has 2 nitrogen and oxygen atoms in total. The molecule has 0 aliphatic carbocycles. The molecule has 1 heterocycles. The number of aromatic nitrogens is 1. The summed E-state index contributed by atoms with van der Waals surface area (Å²) in [5, 5.41) is 9.01. The molecule has 0 saturated heterocycles. The molecule has 12 heavy (non-hydrogen) atoms. The van der Waals surface area contributed by atoms with Crippen LogP contribution in [0, 0.1) is 0 Å². The molecule has 1 aromatic heterocycles. The maximum absolute atomic E-state index is 9.01. The molecule has 60 valence electrons. The van der Waals surface area contributed by atoms with E-state index in [0.717, 1.165) is 10.4 Å². The molecule has 0 atom stereocenters. The predicted octanol–water partition coefficient (Wildman–Crippen LogP) is 2.52. The Bertz CT molecular complexity index is 369. The highest BCUT2D eigenvalue weighted by Gasteiger charge is 2.00. The summed E-state index contributed by atoms with van der Waals surface area (Å²) >= 11 is 1.30. The van der Waals surface area contributed by atoms with Crippen molar-refractivity contribution in [1.82, 2.24) is 4.37 Å². The van der Waals surface area contributed by atoms with E-state index in [9.17, 15) is 0 Å². The third kappa shape index (κ3) is 1.31. The summed E-state index contributed by atoms with van der Waals surface area (Å²) in [6.45, 7) is 0. The van der Waals surface area contributed by atoms with E-state index in [-0.39, 0.29) is 5.88 Å². The van der Waals surface area contributed by atoms with Crippen LogP contribution in [0.25, 0.3) is 10.4 Å². The maximum Gasteiger partial charge on any atom is 0.223 e. The molecule has 0 fully saturated rings. The Kier molecular flexibility index (Phi) is 1.80. The van der Waals surface area contributed by atoms with Crippen LogP contribution in [0.15, 0.2) is 36.4 Å². The summed E-state index contributed by atoms with van der Waals surface area (Å²) < 4.78 is 3.79. The largest absolute Gasteiger partial charge is 0.493 e. The number of rotatable bonds is 1. The summed E-state index contributed by atoms with van der Waals surface area (Å²) in [5.41, 5.74) is 1.09. The number of hydrogen-bond donors (Lipinski definition) is 1. The van der Waals surface area contributed by atoms with E-state index in [4.69, 9.17) is 5.11 Å². The van der Waals surface area contributed by atoms with Gasteiger partial charge in [-0.05, 0) is 17.1 Å². The van der Waals surface area contributed by atoms with Crippen LogP contribution in [0.3, 0.4) is 0 Å². The fourth-order valence-corrected chi connectivity index (χ4v) is 1.65. The molecule has 0 aliphatic heterocycles. The van der Waals surface area contributed by atoms with Crippen molar-refractivity contribution in [2.45, 2.75) is 0 Å². The SMILES string of the molecule is Oc1cc(-c2ccccc2)sn1. The molecule has 0 aliphatic rings. The second kappa shape index (κ2) is 2.95. The van der Waals surface area contributed by atoms with E-state index in [0.29, 0.717) is 0 Å². The monoisotopic (exact) mass is 177 g/mol. The molecule has 2 aromatic rings. The van der Waals surface area contributed by atoms with Crippen LogP contribution in [-0.4, -0.2) is 9.48 Å². The Morgan fingerprint density at radius 3 is 2.50 bits per heavy atom. The summed E-state index contributed by atoms with van der Waals surface area (Å²) in [5.74, 6) is 0.0962. The lowest BCUT2D eigenvalue weighted by atomic mass is 10.2. The minimum absolute atomic E-state index is 0.0962. The van der Waals surface area contributed by atoms with Gasteiger partial charge < -0.3 is 5.11 Å². The van der Waals surface area contributed by atoms with Crippen LogP contribution in [0.2, 0.25) is 0 Å². The van der Waals surface area contributed by atoms with Gasteiger partial charge >= 0.3 is 0 Å². The van der Waals surface area contributed by atoms with Crippen LogP contribution in [0.5, 0.6) is 5.88 Å². The zero-order valence-electron chi connectivity index (χ0n) is 6.27. The van der Waals surface area contributed by atoms with Crippen LogP contribution in [-0.2, 0) is 0 Å². The molecule has 1 N–H and O–H groups in total. The average molecular weight is 177 g/mol. The Labute approximate surface area is 74.3 Å². The van der Waals surface area contributed by atoms with Crippen molar-refractivity contribution >= 4 is 11.5 Å². The van der Waals surface area contributed by atoms with Gasteiger partial charge in [0.15, 0.2) is 0 Å². The van der Waals surface area contributed by atoms with Gasteiger partial charge in [0.05, 0.1) is 4.88 Å². The number of benzene rings is 1. The van der Waals surface area contributed by atoms with Gasteiger partial charge in [-0.15, -0.1) is 0 Å². The Morgan fingerprint density at radius 1 is 1.17 bits per heavy atom. The second-order valence-corrected chi connectivity index (χ2v) is 3.22. The smallest absolute Gasteiger partial charge is 0.223 e. The van der Waals surface area contributed by atoms with Crippen molar-refractivity contribution in [2.75, 3.05) is 0 Å². The standard InChI is InChI=1S/C9H7NOS/c11-9-6-8(12-10-9)7-4-2-1-3-5-7/h1-6H,(H,10,11). The van der Waals surface area contributed by atoms with Crippen LogP contribution < -0.4 is 0 Å². The number of hydrogen-bond acceptors (Lipinski definition) is 3. The Morgan fingerprint density at radius 2 is 1.92 bits per heavy atom. The van der Waals surface area contributed by atoms with Gasteiger partial charge in [-0.3, -0.25) is 0 Å². The fraction of sp³-hybridized carbons (Fsp3) is 0. The van der Waals surface area contributed by atoms with E-state index in [1.54, 1.807) is 6.07 Å². The van der Waals surface area contributed by atoms with Crippen molar-refractivity contribution in [3.63, 3.8) is 0 Å². The van der Waals surface area contributed by atoms with E-state index in [2.05, 4.69) is 4.37 Å². The van der Waals surface area contributed by atoms with Crippen molar-refractivity contribution in [1.29, 1.82) is 0 Å². The highest BCUT2D eigenvalue weighted by atomic mass is 32.1. The molecule has 2 rings (SSSR count). The number of nitrogens with zero attached hydrogens (tertiary/aromatic N) is 1. The maximum atomic E-state index is 9.01. The van der Waals surface area contributed by atoms with E-state index in [1.807, 2.05) is 30.3 Å². The minimum Gasteiger partial charge on any atom is -0.493 e. The highest BCUT2D eigenvalue weighted by Crippen LogP contribution is 2.26. The Balaban J connectivity index is 2.45. The quantitative estimate of drug-likeness (QED) is 0.726. The summed E-state index contributed by atoms with van der Waals surface area (Å²) in [6, 6.07) is 11.5. The lowest BCUT2D eigenvalue weighted by Crippen LogP contribution is -1.67. The summed E-state index contributed by atoms with van der Waals surface area (Å²) in [6.07, 6.45) is 0. The van der Waals surface area contributed by atoms with Gasteiger partial charge in [0.2, 0.25) is 5.88 Å². The van der Waals surface area contributed by atoms with Crippen LogP contribution in [0.1, 0.15) is 0 Å². The molecule has 0 spiro atoms. The molecule has 0 saturated carbocycles. The first-order valence-corrected chi connectivity index (χ1v) is 4.35. The van der Waals surface area contributed by atoms with Crippen molar-refractivity contribution in [3.8, 4) is 16.3 Å².